The van der Waals surface area contributed by atoms with Crippen molar-refractivity contribution in [3.63, 3.8) is 0 Å². The van der Waals surface area contributed by atoms with Crippen molar-refractivity contribution >= 4 is 34.7 Å². The van der Waals surface area contributed by atoms with Gasteiger partial charge in [-0.3, -0.25) is 0 Å². The number of amides is 1. The Labute approximate surface area is 243 Å². The Morgan fingerprint density at radius 2 is 1.85 bits per heavy atom. The first-order valence-electron chi connectivity index (χ1n) is 13.3. The fraction of sp³-hybridized carbons (Fsp3) is 0.448. The zero-order valence-electron chi connectivity index (χ0n) is 23.5. The number of allylic oxidation sites excluding steroid dienone is 1. The summed E-state index contributed by atoms with van der Waals surface area (Å²) >= 11 is 6.05. The third-order valence-corrected chi connectivity index (χ3v) is 6.44. The topological polar surface area (TPSA) is 123 Å². The molecule has 1 aromatic carbocycles. The first-order chi connectivity index (χ1) is 19.6. The van der Waals surface area contributed by atoms with E-state index in [0.717, 1.165) is 11.1 Å². The van der Waals surface area contributed by atoms with E-state index in [1.807, 2.05) is 36.5 Å². The molecule has 3 unspecified atom stereocenters. The van der Waals surface area contributed by atoms with Crippen LogP contribution < -0.4 is 10.2 Å². The predicted molar refractivity (Wildman–Crippen MR) is 152 cm³/mol. The van der Waals surface area contributed by atoms with Crippen LogP contribution in [0.15, 0.2) is 65.8 Å². The Morgan fingerprint density at radius 3 is 2.54 bits per heavy atom. The van der Waals surface area contributed by atoms with Gasteiger partial charge in [-0.1, -0.05) is 52.9 Å². The normalized spacial score (nSPS) is 19.3. The van der Waals surface area contributed by atoms with Gasteiger partial charge in [0.15, 0.2) is 0 Å². The maximum absolute atomic E-state index is 13.0. The van der Waals surface area contributed by atoms with Crippen molar-refractivity contribution in [1.29, 1.82) is 0 Å². The first kappa shape index (κ1) is 30.3. The summed E-state index contributed by atoms with van der Waals surface area (Å²) < 4.78 is 22.0. The van der Waals surface area contributed by atoms with E-state index in [2.05, 4.69) is 15.6 Å². The SMILES string of the molecule is COC1C=CC(COC(=O)C(CC2=CCC(OCOn3nnc4ccc(Cl)cc43)C=C2)NC(=O)OC(C)(C)C)=CC1. The summed E-state index contributed by atoms with van der Waals surface area (Å²) in [4.78, 5) is 32.4. The third-order valence-electron chi connectivity index (χ3n) is 6.21. The number of carbonyl (C=O) groups is 2. The molecule has 0 saturated heterocycles. The molecule has 3 atom stereocenters. The van der Waals surface area contributed by atoms with Gasteiger partial charge >= 0.3 is 12.1 Å². The summed E-state index contributed by atoms with van der Waals surface area (Å²) in [6.07, 6.45) is 12.0. The molecule has 12 heteroatoms. The number of hydrogen-bond acceptors (Lipinski definition) is 9. The monoisotopic (exact) mass is 586 g/mol. The van der Waals surface area contributed by atoms with E-state index in [1.54, 1.807) is 46.1 Å². The molecule has 0 spiro atoms. The Kier molecular flexibility index (Phi) is 10.2. The fourth-order valence-corrected chi connectivity index (χ4v) is 4.28. The number of hydrogen-bond donors (Lipinski definition) is 1. The summed E-state index contributed by atoms with van der Waals surface area (Å²) in [5.41, 5.74) is 2.28. The van der Waals surface area contributed by atoms with E-state index in [1.165, 1.54) is 4.85 Å². The molecule has 220 valence electrons. The van der Waals surface area contributed by atoms with Crippen LogP contribution in [0.1, 0.15) is 40.0 Å². The number of halogens is 1. The van der Waals surface area contributed by atoms with Gasteiger partial charge in [0, 0.05) is 18.6 Å². The number of benzene rings is 1. The van der Waals surface area contributed by atoms with Crippen LogP contribution >= 0.6 is 11.6 Å². The average molecular weight is 587 g/mol. The molecule has 1 heterocycles. The summed E-state index contributed by atoms with van der Waals surface area (Å²) in [7, 11) is 1.65. The Morgan fingerprint density at radius 1 is 1.12 bits per heavy atom. The second kappa shape index (κ2) is 13.8. The zero-order chi connectivity index (χ0) is 29.4. The molecule has 0 aliphatic heterocycles. The summed E-state index contributed by atoms with van der Waals surface area (Å²) in [6, 6.07) is 4.25. The molecule has 2 aromatic rings. The van der Waals surface area contributed by atoms with Crippen molar-refractivity contribution in [2.75, 3.05) is 20.5 Å². The van der Waals surface area contributed by atoms with Crippen LogP contribution in [0.4, 0.5) is 4.79 Å². The van der Waals surface area contributed by atoms with Gasteiger partial charge in [0.1, 0.15) is 29.3 Å². The van der Waals surface area contributed by atoms with E-state index in [-0.39, 0.29) is 32.0 Å². The Bertz CT molecular complexity index is 1360. The summed E-state index contributed by atoms with van der Waals surface area (Å²) in [6.45, 7) is 5.30. The van der Waals surface area contributed by atoms with Gasteiger partial charge in [-0.05, 0) is 68.2 Å². The van der Waals surface area contributed by atoms with Gasteiger partial charge in [-0.15, -0.1) is 5.10 Å². The van der Waals surface area contributed by atoms with Gasteiger partial charge in [-0.25, -0.2) is 9.59 Å². The molecule has 0 saturated carbocycles. The minimum absolute atomic E-state index is 0.0157. The van der Waals surface area contributed by atoms with Crippen molar-refractivity contribution in [3.05, 3.63) is 70.8 Å². The molecule has 1 N–H and O–H groups in total. The largest absolute Gasteiger partial charge is 0.459 e. The van der Waals surface area contributed by atoms with E-state index < -0.39 is 23.7 Å². The Hall–Kier alpha value is -3.67. The van der Waals surface area contributed by atoms with Crippen LogP contribution in [-0.4, -0.2) is 71.6 Å². The summed E-state index contributed by atoms with van der Waals surface area (Å²) in [5, 5.41) is 11.2. The van der Waals surface area contributed by atoms with Crippen LogP contribution in [0.25, 0.3) is 11.0 Å². The minimum Gasteiger partial charge on any atom is -0.459 e. The van der Waals surface area contributed by atoms with Crippen LogP contribution in [0.2, 0.25) is 5.02 Å². The lowest BCUT2D eigenvalue weighted by atomic mass is 9.98. The number of nitrogens with zero attached hydrogens (tertiary/aromatic N) is 3. The van der Waals surface area contributed by atoms with Crippen molar-refractivity contribution in [3.8, 4) is 0 Å². The number of ether oxygens (including phenoxy) is 4. The van der Waals surface area contributed by atoms with E-state index in [4.69, 9.17) is 35.4 Å². The second-order valence-electron chi connectivity index (χ2n) is 10.6. The highest BCUT2D eigenvalue weighted by atomic mass is 35.5. The van der Waals surface area contributed by atoms with Crippen LogP contribution in [0.5, 0.6) is 0 Å². The number of methoxy groups -OCH3 is 1. The number of rotatable bonds is 11. The maximum Gasteiger partial charge on any atom is 0.408 e. The van der Waals surface area contributed by atoms with Crippen molar-refractivity contribution in [2.24, 2.45) is 0 Å². The molecule has 1 amide bonds. The first-order valence-corrected chi connectivity index (χ1v) is 13.7. The molecule has 4 rings (SSSR count). The van der Waals surface area contributed by atoms with Crippen molar-refractivity contribution in [2.45, 2.75) is 63.9 Å². The molecule has 41 heavy (non-hydrogen) atoms. The molecule has 0 fully saturated rings. The van der Waals surface area contributed by atoms with Crippen LogP contribution in [0.3, 0.4) is 0 Å². The molecule has 1 aromatic heterocycles. The standard InChI is InChI=1S/C29H35ClN4O7/c1-29(2,3)41-28(36)31-25(27(35)38-17-20-7-10-22(37-4)11-8-20)15-19-5-12-23(13-6-19)39-18-40-34-26-16-21(30)9-14-24(26)32-33-34/h5-10,12,14,16,22-23,25H,11,13,15,17-18H2,1-4H3,(H,31,36). The van der Waals surface area contributed by atoms with Gasteiger partial charge in [-0.2, -0.15) is 0 Å². The lowest BCUT2D eigenvalue weighted by Gasteiger charge is -2.24. The third kappa shape index (κ3) is 9.17. The number of fused-ring (bicyclic) bond motifs is 1. The summed E-state index contributed by atoms with van der Waals surface area (Å²) in [5.74, 6) is -0.555. The molecular weight excluding hydrogens is 552 g/mol. The van der Waals surface area contributed by atoms with E-state index in [0.29, 0.717) is 28.9 Å². The number of alkyl carbamates (subject to hydrolysis) is 1. The number of aromatic nitrogens is 3. The average Bonchev–Trinajstić information content (AvgIpc) is 3.33. The van der Waals surface area contributed by atoms with Gasteiger partial charge in [0.2, 0.25) is 6.79 Å². The van der Waals surface area contributed by atoms with Gasteiger partial charge in [0.25, 0.3) is 0 Å². The van der Waals surface area contributed by atoms with E-state index >= 15 is 0 Å². The van der Waals surface area contributed by atoms with Crippen LogP contribution in [0, 0.1) is 0 Å². The Balaban J connectivity index is 1.30. The number of carbonyl (C=O) groups excluding carboxylic acids is 2. The zero-order valence-corrected chi connectivity index (χ0v) is 24.3. The lowest BCUT2D eigenvalue weighted by Crippen LogP contribution is -2.44. The highest BCUT2D eigenvalue weighted by Crippen LogP contribution is 2.20. The fourth-order valence-electron chi connectivity index (χ4n) is 4.12. The van der Waals surface area contributed by atoms with Crippen molar-refractivity contribution < 1.29 is 33.4 Å². The molecular formula is C29H35ClN4O7. The minimum atomic E-state index is -0.936. The predicted octanol–water partition coefficient (Wildman–Crippen LogP) is 4.47. The van der Waals surface area contributed by atoms with Gasteiger partial charge < -0.3 is 29.1 Å². The number of nitrogens with one attached hydrogen (secondary N) is 1. The molecule has 0 bridgehead atoms. The maximum atomic E-state index is 13.0. The quantitative estimate of drug-likeness (QED) is 0.300. The molecule has 2 aliphatic carbocycles. The molecule has 2 aliphatic rings. The molecule has 0 radical (unpaired) electrons. The highest BCUT2D eigenvalue weighted by Gasteiger charge is 2.27. The lowest BCUT2D eigenvalue weighted by molar-refractivity contribution is -0.145. The van der Waals surface area contributed by atoms with Crippen molar-refractivity contribution in [1.82, 2.24) is 20.5 Å². The smallest absolute Gasteiger partial charge is 0.408 e. The highest BCUT2D eigenvalue weighted by molar-refractivity contribution is 6.31. The van der Waals surface area contributed by atoms with E-state index in [9.17, 15) is 9.59 Å². The van der Waals surface area contributed by atoms with Gasteiger partial charge in [0.05, 0.1) is 12.2 Å². The molecule has 11 nitrogen and oxygen atoms in total. The second-order valence-corrected chi connectivity index (χ2v) is 11.0. The van der Waals surface area contributed by atoms with Crippen LogP contribution in [-0.2, 0) is 23.7 Å². The number of esters is 1.